The van der Waals surface area contributed by atoms with Crippen molar-refractivity contribution in [2.75, 3.05) is 6.54 Å². The van der Waals surface area contributed by atoms with Crippen LogP contribution in [-0.4, -0.2) is 33.4 Å². The summed E-state index contributed by atoms with van der Waals surface area (Å²) in [4.78, 5) is 29.8. The van der Waals surface area contributed by atoms with Gasteiger partial charge in [-0.05, 0) is 54.3 Å². The smallest absolute Gasteiger partial charge is 0.337 e. The number of hydrogen-bond acceptors (Lipinski definition) is 4. The lowest BCUT2D eigenvalue weighted by atomic mass is 10.1. The van der Waals surface area contributed by atoms with Gasteiger partial charge in [-0.3, -0.25) is 4.79 Å². The van der Waals surface area contributed by atoms with Crippen LogP contribution in [0.3, 0.4) is 0 Å². The largest absolute Gasteiger partial charge is 0.478 e. The summed E-state index contributed by atoms with van der Waals surface area (Å²) < 4.78 is 0. The van der Waals surface area contributed by atoms with E-state index in [1.54, 1.807) is 18.3 Å². The van der Waals surface area contributed by atoms with Crippen LogP contribution in [0.4, 0.5) is 0 Å². The minimum Gasteiger partial charge on any atom is -0.478 e. The van der Waals surface area contributed by atoms with Crippen molar-refractivity contribution in [3.8, 4) is 0 Å². The molecule has 0 spiro atoms. The Hall–Kier alpha value is -2.21. The quantitative estimate of drug-likeness (QED) is 0.944. The first-order chi connectivity index (χ1) is 10.6. The Morgan fingerprint density at radius 2 is 2.18 bits per heavy atom. The van der Waals surface area contributed by atoms with Gasteiger partial charge in [-0.2, -0.15) is 11.3 Å². The number of amides is 1. The Morgan fingerprint density at radius 3 is 2.82 bits per heavy atom. The van der Waals surface area contributed by atoms with Crippen molar-refractivity contribution >= 4 is 23.2 Å². The fourth-order valence-electron chi connectivity index (χ4n) is 2.87. The molecule has 6 heteroatoms. The number of thiophene rings is 1. The number of rotatable bonds is 3. The fourth-order valence-corrected chi connectivity index (χ4v) is 3.58. The zero-order valence-corrected chi connectivity index (χ0v) is 13.0. The molecule has 0 aromatic carbocycles. The zero-order chi connectivity index (χ0) is 15.7. The van der Waals surface area contributed by atoms with Crippen molar-refractivity contribution < 1.29 is 14.7 Å². The normalized spacial score (nSPS) is 17.7. The second-order valence-electron chi connectivity index (χ2n) is 5.35. The molecule has 0 bridgehead atoms. The first-order valence-electron chi connectivity index (χ1n) is 7.12. The summed E-state index contributed by atoms with van der Waals surface area (Å²) in [6.07, 6.45) is 1.92. The number of aryl methyl sites for hydroxylation is 1. The number of carbonyl (C=O) groups excluding carboxylic acids is 1. The molecule has 1 aliphatic rings. The van der Waals surface area contributed by atoms with Gasteiger partial charge in [0.15, 0.2) is 0 Å². The van der Waals surface area contributed by atoms with Crippen LogP contribution >= 0.6 is 11.3 Å². The highest BCUT2D eigenvalue weighted by Crippen LogP contribution is 2.34. The first kappa shape index (κ1) is 14.7. The van der Waals surface area contributed by atoms with E-state index in [1.807, 2.05) is 16.3 Å². The van der Waals surface area contributed by atoms with Gasteiger partial charge in [-0.15, -0.1) is 0 Å². The van der Waals surface area contributed by atoms with Crippen molar-refractivity contribution in [2.45, 2.75) is 25.8 Å². The molecule has 114 valence electrons. The number of carboxylic acid groups (broad SMARTS) is 1. The van der Waals surface area contributed by atoms with Gasteiger partial charge in [0.05, 0.1) is 17.3 Å². The maximum atomic E-state index is 12.7. The van der Waals surface area contributed by atoms with Crippen LogP contribution in [0.1, 0.15) is 51.0 Å². The van der Waals surface area contributed by atoms with Crippen LogP contribution in [0.25, 0.3) is 0 Å². The predicted octanol–water partition coefficient (Wildman–Crippen LogP) is 3.13. The maximum absolute atomic E-state index is 12.7. The Balaban J connectivity index is 1.87. The maximum Gasteiger partial charge on any atom is 0.337 e. The Kier molecular flexibility index (Phi) is 3.94. The molecule has 1 saturated heterocycles. The second-order valence-corrected chi connectivity index (χ2v) is 6.13. The van der Waals surface area contributed by atoms with Gasteiger partial charge in [-0.25, -0.2) is 9.78 Å². The van der Waals surface area contributed by atoms with E-state index in [4.69, 9.17) is 5.11 Å². The van der Waals surface area contributed by atoms with Crippen molar-refractivity contribution in [1.29, 1.82) is 0 Å². The average Bonchev–Trinajstić information content (AvgIpc) is 3.16. The van der Waals surface area contributed by atoms with Crippen molar-refractivity contribution in [2.24, 2.45) is 0 Å². The molecular formula is C16H16N2O3S. The lowest BCUT2D eigenvalue weighted by molar-refractivity contribution is 0.0689. The van der Waals surface area contributed by atoms with E-state index in [2.05, 4.69) is 10.4 Å². The summed E-state index contributed by atoms with van der Waals surface area (Å²) in [6, 6.07) is 5.10. The van der Waals surface area contributed by atoms with Gasteiger partial charge in [0, 0.05) is 6.54 Å². The molecule has 22 heavy (non-hydrogen) atoms. The van der Waals surface area contributed by atoms with Crippen molar-refractivity contribution in [1.82, 2.24) is 9.88 Å². The fraction of sp³-hybridized carbons (Fsp3) is 0.312. The van der Waals surface area contributed by atoms with Gasteiger partial charge in [0.1, 0.15) is 5.69 Å². The number of carbonyl (C=O) groups is 2. The van der Waals surface area contributed by atoms with E-state index < -0.39 is 5.97 Å². The van der Waals surface area contributed by atoms with Crippen LogP contribution in [0.2, 0.25) is 0 Å². The van der Waals surface area contributed by atoms with Gasteiger partial charge < -0.3 is 10.0 Å². The molecule has 1 amide bonds. The van der Waals surface area contributed by atoms with Gasteiger partial charge >= 0.3 is 5.97 Å². The summed E-state index contributed by atoms with van der Waals surface area (Å²) in [7, 11) is 0. The van der Waals surface area contributed by atoms with Crippen LogP contribution in [0.15, 0.2) is 29.0 Å². The summed E-state index contributed by atoms with van der Waals surface area (Å²) >= 11 is 1.62. The van der Waals surface area contributed by atoms with Crippen molar-refractivity contribution in [3.63, 3.8) is 0 Å². The molecule has 0 aliphatic carbocycles. The van der Waals surface area contributed by atoms with Gasteiger partial charge in [0.2, 0.25) is 0 Å². The monoisotopic (exact) mass is 316 g/mol. The van der Waals surface area contributed by atoms with Crippen LogP contribution in [0.5, 0.6) is 0 Å². The van der Waals surface area contributed by atoms with E-state index in [1.165, 1.54) is 12.1 Å². The van der Waals surface area contributed by atoms with E-state index in [9.17, 15) is 9.59 Å². The van der Waals surface area contributed by atoms with Crippen LogP contribution < -0.4 is 0 Å². The van der Waals surface area contributed by atoms with Crippen LogP contribution in [0, 0.1) is 6.92 Å². The summed E-state index contributed by atoms with van der Waals surface area (Å²) in [5.74, 6) is -1.16. The van der Waals surface area contributed by atoms with E-state index >= 15 is 0 Å². The van der Waals surface area contributed by atoms with Gasteiger partial charge in [-0.1, -0.05) is 0 Å². The third kappa shape index (κ3) is 2.62. The summed E-state index contributed by atoms with van der Waals surface area (Å²) in [5, 5.41) is 13.1. The molecule has 3 heterocycles. The highest BCUT2D eigenvalue weighted by molar-refractivity contribution is 7.08. The molecule has 1 N–H and O–H groups in total. The molecule has 1 atom stereocenters. The third-order valence-electron chi connectivity index (χ3n) is 3.98. The third-order valence-corrected chi connectivity index (χ3v) is 4.68. The molecule has 5 nitrogen and oxygen atoms in total. The minimum absolute atomic E-state index is 0.0972. The number of carboxylic acids is 1. The molecule has 3 rings (SSSR count). The SMILES string of the molecule is Cc1nc(C(=O)N2CCC[C@@H]2c2ccsc2)ccc1C(=O)O. The molecule has 0 unspecified atom stereocenters. The second kappa shape index (κ2) is 5.88. The minimum atomic E-state index is -1.03. The lowest BCUT2D eigenvalue weighted by Gasteiger charge is -2.24. The molecule has 2 aromatic rings. The molecule has 2 aromatic heterocycles. The zero-order valence-electron chi connectivity index (χ0n) is 12.2. The van der Waals surface area contributed by atoms with Gasteiger partial charge in [0.25, 0.3) is 5.91 Å². The lowest BCUT2D eigenvalue weighted by Crippen LogP contribution is -2.31. The van der Waals surface area contributed by atoms with Crippen molar-refractivity contribution in [3.05, 3.63) is 51.5 Å². The number of likely N-dealkylation sites (tertiary alicyclic amines) is 1. The predicted molar refractivity (Wildman–Crippen MR) is 83.3 cm³/mol. The summed E-state index contributed by atoms with van der Waals surface area (Å²) in [6.45, 7) is 2.32. The van der Waals surface area contributed by atoms with E-state index in [0.717, 1.165) is 18.4 Å². The molecule has 1 aliphatic heterocycles. The highest BCUT2D eigenvalue weighted by Gasteiger charge is 2.31. The summed E-state index contributed by atoms with van der Waals surface area (Å²) in [5.41, 5.74) is 1.97. The molecular weight excluding hydrogens is 300 g/mol. The van der Waals surface area contributed by atoms with E-state index in [0.29, 0.717) is 17.9 Å². The molecule has 1 fully saturated rings. The first-order valence-corrected chi connectivity index (χ1v) is 8.06. The number of hydrogen-bond donors (Lipinski definition) is 1. The topological polar surface area (TPSA) is 70.5 Å². The number of aromatic nitrogens is 1. The standard InChI is InChI=1S/C16H16N2O3S/c1-10-12(16(20)21)4-5-13(17-10)15(19)18-7-2-3-14(18)11-6-8-22-9-11/h4-6,8-9,14H,2-3,7H2,1H3,(H,20,21)/t14-/m1/s1. The Labute approximate surface area is 132 Å². The van der Waals surface area contributed by atoms with E-state index in [-0.39, 0.29) is 17.5 Å². The number of nitrogens with zero attached hydrogens (tertiary/aromatic N) is 2. The average molecular weight is 316 g/mol. The highest BCUT2D eigenvalue weighted by atomic mass is 32.1. The molecule has 0 saturated carbocycles. The van der Waals surface area contributed by atoms with Crippen LogP contribution in [-0.2, 0) is 0 Å². The number of pyridine rings is 1. The molecule has 0 radical (unpaired) electrons. The Morgan fingerprint density at radius 1 is 1.36 bits per heavy atom. The number of aromatic carboxylic acids is 1. The Bertz CT molecular complexity index is 712.